The van der Waals surface area contributed by atoms with Crippen molar-refractivity contribution in [2.75, 3.05) is 12.3 Å². The van der Waals surface area contributed by atoms with Crippen molar-refractivity contribution in [1.82, 2.24) is 9.88 Å². The van der Waals surface area contributed by atoms with Crippen molar-refractivity contribution in [2.24, 2.45) is 0 Å². The molecule has 0 bridgehead atoms. The number of amides is 1. The fourth-order valence-electron chi connectivity index (χ4n) is 3.83. The molecule has 1 atom stereocenters. The summed E-state index contributed by atoms with van der Waals surface area (Å²) in [7, 11) is -3.45. The topological polar surface area (TPSA) is 67.3 Å². The van der Waals surface area contributed by atoms with E-state index in [0.29, 0.717) is 28.9 Å². The van der Waals surface area contributed by atoms with Crippen LogP contribution in [0.5, 0.6) is 0 Å². The average Bonchev–Trinajstić information content (AvgIpc) is 3.15. The second kappa shape index (κ2) is 7.36. The maximum Gasteiger partial charge on any atom is 0.256 e. The number of aromatic nitrogens is 1. The lowest BCUT2D eigenvalue weighted by atomic mass is 10.1. The van der Waals surface area contributed by atoms with Crippen LogP contribution in [0.4, 0.5) is 0 Å². The standard InChI is InChI=1S/C22H22N2O3S/c1-16-12-13-17-7-5-11-20(21(17)23-16)22(25)24-14-6-8-18(24)15-28(26,27)19-9-3-2-4-10-19/h2-5,7,9-13,18H,6,8,14-15H2,1H3. The SMILES string of the molecule is Cc1ccc2cccc(C(=O)N3CCCC3CS(=O)(=O)c3ccccc3)c2n1. The molecule has 0 saturated carbocycles. The molecule has 144 valence electrons. The van der Waals surface area contributed by atoms with E-state index in [9.17, 15) is 13.2 Å². The minimum Gasteiger partial charge on any atom is -0.335 e. The molecule has 5 nitrogen and oxygen atoms in total. The number of nitrogens with zero attached hydrogens (tertiary/aromatic N) is 2. The van der Waals surface area contributed by atoms with Crippen LogP contribution >= 0.6 is 0 Å². The van der Waals surface area contributed by atoms with E-state index in [2.05, 4.69) is 4.98 Å². The largest absolute Gasteiger partial charge is 0.335 e. The first-order valence-electron chi connectivity index (χ1n) is 9.41. The van der Waals surface area contributed by atoms with E-state index in [1.165, 1.54) is 0 Å². The molecule has 1 saturated heterocycles. The number of hydrogen-bond acceptors (Lipinski definition) is 4. The third-order valence-electron chi connectivity index (χ3n) is 5.24. The number of likely N-dealkylation sites (tertiary alicyclic amines) is 1. The molecule has 6 heteroatoms. The van der Waals surface area contributed by atoms with Crippen LogP contribution in [0, 0.1) is 6.92 Å². The molecule has 1 aliphatic rings. The zero-order chi connectivity index (χ0) is 19.7. The summed E-state index contributed by atoms with van der Waals surface area (Å²) in [5, 5.41) is 0.907. The van der Waals surface area contributed by atoms with Gasteiger partial charge in [-0.2, -0.15) is 0 Å². The normalized spacial score (nSPS) is 17.2. The summed E-state index contributed by atoms with van der Waals surface area (Å²) >= 11 is 0. The maximum atomic E-state index is 13.3. The maximum absolute atomic E-state index is 13.3. The minimum atomic E-state index is -3.45. The van der Waals surface area contributed by atoms with E-state index in [1.54, 1.807) is 41.3 Å². The van der Waals surface area contributed by atoms with E-state index in [1.807, 2.05) is 31.2 Å². The van der Waals surface area contributed by atoms with Crippen LogP contribution in [0.3, 0.4) is 0 Å². The monoisotopic (exact) mass is 394 g/mol. The van der Waals surface area contributed by atoms with Gasteiger partial charge in [0.2, 0.25) is 0 Å². The molecular formula is C22H22N2O3S. The molecule has 4 rings (SSSR count). The molecule has 2 heterocycles. The molecule has 0 N–H and O–H groups in total. The van der Waals surface area contributed by atoms with Crippen LogP contribution in [-0.2, 0) is 9.84 Å². The van der Waals surface area contributed by atoms with Gasteiger partial charge in [-0.3, -0.25) is 9.78 Å². The summed E-state index contributed by atoms with van der Waals surface area (Å²) < 4.78 is 25.6. The van der Waals surface area contributed by atoms with Gasteiger partial charge in [-0.25, -0.2) is 8.42 Å². The van der Waals surface area contributed by atoms with E-state index in [0.717, 1.165) is 17.5 Å². The van der Waals surface area contributed by atoms with E-state index >= 15 is 0 Å². The number of carbonyl (C=O) groups is 1. The molecule has 1 aliphatic heterocycles. The zero-order valence-corrected chi connectivity index (χ0v) is 16.5. The molecule has 1 unspecified atom stereocenters. The van der Waals surface area contributed by atoms with Crippen LogP contribution in [0.25, 0.3) is 10.9 Å². The van der Waals surface area contributed by atoms with E-state index in [4.69, 9.17) is 0 Å². The van der Waals surface area contributed by atoms with Crippen molar-refractivity contribution >= 4 is 26.6 Å². The van der Waals surface area contributed by atoms with Crippen LogP contribution in [0.15, 0.2) is 65.6 Å². The lowest BCUT2D eigenvalue weighted by Gasteiger charge is -2.25. The summed E-state index contributed by atoms with van der Waals surface area (Å²) in [6.45, 7) is 2.46. The first-order valence-corrected chi connectivity index (χ1v) is 11.1. The van der Waals surface area contributed by atoms with Gasteiger partial charge in [-0.15, -0.1) is 0 Å². The minimum absolute atomic E-state index is 0.0556. The number of pyridine rings is 1. The molecule has 3 aromatic rings. The van der Waals surface area contributed by atoms with Crippen molar-refractivity contribution < 1.29 is 13.2 Å². The van der Waals surface area contributed by atoms with Gasteiger partial charge in [0, 0.05) is 23.7 Å². The Kier molecular flexibility index (Phi) is 4.89. The Balaban J connectivity index is 1.64. The predicted molar refractivity (Wildman–Crippen MR) is 109 cm³/mol. The molecule has 0 radical (unpaired) electrons. The van der Waals surface area contributed by atoms with Crippen LogP contribution in [-0.4, -0.2) is 42.5 Å². The summed E-state index contributed by atoms with van der Waals surface area (Å²) in [6.07, 6.45) is 1.49. The van der Waals surface area contributed by atoms with Crippen molar-refractivity contribution in [3.8, 4) is 0 Å². The number of rotatable bonds is 4. The smallest absolute Gasteiger partial charge is 0.256 e. The van der Waals surface area contributed by atoms with Crippen molar-refractivity contribution in [3.63, 3.8) is 0 Å². The Bertz CT molecular complexity index is 1130. The number of carbonyl (C=O) groups excluding carboxylic acids is 1. The van der Waals surface area contributed by atoms with Gasteiger partial charge in [0.25, 0.3) is 5.91 Å². The summed E-state index contributed by atoms with van der Waals surface area (Å²) in [5.41, 5.74) is 2.05. The quantitative estimate of drug-likeness (QED) is 0.678. The molecule has 1 aromatic heterocycles. The first-order chi connectivity index (χ1) is 13.5. The molecule has 2 aromatic carbocycles. The Morgan fingerprint density at radius 2 is 1.86 bits per heavy atom. The van der Waals surface area contributed by atoms with Gasteiger partial charge in [0.05, 0.1) is 21.7 Å². The highest BCUT2D eigenvalue weighted by Gasteiger charge is 2.34. The number of sulfone groups is 1. The lowest BCUT2D eigenvalue weighted by Crippen LogP contribution is -2.39. The third-order valence-corrected chi connectivity index (χ3v) is 7.06. The average molecular weight is 394 g/mol. The highest BCUT2D eigenvalue weighted by Crippen LogP contribution is 2.26. The zero-order valence-electron chi connectivity index (χ0n) is 15.7. The summed E-state index contributed by atoms with van der Waals surface area (Å²) in [6, 6.07) is 17.5. The number of hydrogen-bond donors (Lipinski definition) is 0. The fourth-order valence-corrected chi connectivity index (χ4v) is 5.44. The van der Waals surface area contributed by atoms with Gasteiger partial charge in [0.1, 0.15) is 0 Å². The van der Waals surface area contributed by atoms with E-state index in [-0.39, 0.29) is 17.7 Å². The second-order valence-electron chi connectivity index (χ2n) is 7.22. The van der Waals surface area contributed by atoms with Gasteiger partial charge < -0.3 is 4.90 Å². The lowest BCUT2D eigenvalue weighted by molar-refractivity contribution is 0.0751. The first kappa shape index (κ1) is 18.6. The highest BCUT2D eigenvalue weighted by atomic mass is 32.2. The number of aryl methyl sites for hydroxylation is 1. The molecule has 1 fully saturated rings. The van der Waals surface area contributed by atoms with Crippen LogP contribution in [0.2, 0.25) is 0 Å². The molecule has 0 aliphatic carbocycles. The van der Waals surface area contributed by atoms with Crippen molar-refractivity contribution in [1.29, 1.82) is 0 Å². The molecular weight excluding hydrogens is 372 g/mol. The molecule has 28 heavy (non-hydrogen) atoms. The Morgan fingerprint density at radius 3 is 2.64 bits per heavy atom. The Hall–Kier alpha value is -2.73. The fraction of sp³-hybridized carbons (Fsp3) is 0.273. The van der Waals surface area contributed by atoms with E-state index < -0.39 is 9.84 Å². The van der Waals surface area contributed by atoms with Gasteiger partial charge in [0.15, 0.2) is 9.84 Å². The second-order valence-corrected chi connectivity index (χ2v) is 9.25. The Morgan fingerprint density at radius 1 is 1.07 bits per heavy atom. The number of fused-ring (bicyclic) bond motifs is 1. The molecule has 1 amide bonds. The predicted octanol–water partition coefficient (Wildman–Crippen LogP) is 3.62. The molecule has 0 spiro atoms. The van der Waals surface area contributed by atoms with Gasteiger partial charge in [-0.1, -0.05) is 36.4 Å². The van der Waals surface area contributed by atoms with Crippen molar-refractivity contribution in [2.45, 2.75) is 30.7 Å². The number of para-hydroxylation sites is 1. The summed E-state index contributed by atoms with van der Waals surface area (Å²) in [5.74, 6) is -0.200. The Labute approximate surface area is 164 Å². The van der Waals surface area contributed by atoms with Crippen LogP contribution < -0.4 is 0 Å². The summed E-state index contributed by atoms with van der Waals surface area (Å²) in [4.78, 5) is 19.9. The third kappa shape index (κ3) is 3.52. The van der Waals surface area contributed by atoms with Crippen LogP contribution in [0.1, 0.15) is 28.9 Å². The van der Waals surface area contributed by atoms with Gasteiger partial charge in [-0.05, 0) is 44.0 Å². The van der Waals surface area contributed by atoms with Crippen molar-refractivity contribution in [3.05, 3.63) is 71.9 Å². The number of benzene rings is 2. The highest BCUT2D eigenvalue weighted by molar-refractivity contribution is 7.91. The van der Waals surface area contributed by atoms with Gasteiger partial charge >= 0.3 is 0 Å².